The highest BCUT2D eigenvalue weighted by molar-refractivity contribution is 5.02. The third-order valence-electron chi connectivity index (χ3n) is 4.87. The highest BCUT2D eigenvalue weighted by Crippen LogP contribution is 2.20. The zero-order valence-electron chi connectivity index (χ0n) is 15.1. The third kappa shape index (κ3) is 3.57. The Kier molecular flexibility index (Phi) is 4.87. The van der Waals surface area contributed by atoms with Crippen molar-refractivity contribution in [1.82, 2.24) is 29.1 Å². The highest BCUT2D eigenvalue weighted by atomic mass is 16.5. The van der Waals surface area contributed by atoms with E-state index in [1.807, 2.05) is 6.92 Å². The molecule has 0 aliphatic carbocycles. The van der Waals surface area contributed by atoms with Crippen molar-refractivity contribution < 1.29 is 4.52 Å². The maximum Gasteiger partial charge on any atom is 0.330 e. The predicted octanol–water partition coefficient (Wildman–Crippen LogP) is -0.346. The monoisotopic (exact) mass is 348 g/mol. The normalized spacial score (nSPS) is 17.8. The van der Waals surface area contributed by atoms with E-state index in [0.717, 1.165) is 36.4 Å². The van der Waals surface area contributed by atoms with Crippen molar-refractivity contribution in [2.75, 3.05) is 26.2 Å². The summed E-state index contributed by atoms with van der Waals surface area (Å²) in [6, 6.07) is 1.62. The Hall–Kier alpha value is -2.26. The van der Waals surface area contributed by atoms with E-state index in [1.165, 1.54) is 17.7 Å². The van der Waals surface area contributed by atoms with E-state index in [1.54, 1.807) is 7.05 Å². The lowest BCUT2D eigenvalue weighted by atomic mass is 10.2. The molecular formula is C16H24N6O3. The summed E-state index contributed by atoms with van der Waals surface area (Å²) in [7, 11) is 3.20. The van der Waals surface area contributed by atoms with Crippen LogP contribution in [-0.2, 0) is 20.6 Å². The van der Waals surface area contributed by atoms with Crippen LogP contribution in [0.5, 0.6) is 0 Å². The van der Waals surface area contributed by atoms with Crippen molar-refractivity contribution in [2.45, 2.75) is 26.4 Å². The van der Waals surface area contributed by atoms with E-state index in [4.69, 9.17) is 4.52 Å². The standard InChI is InChI=1S/C16H24N6O3/c1-11(15-17-12(2)18-25-15)22-7-5-21(6-8-22)10-13-9-14(23)20(4)16(24)19(13)3/h9,11H,5-8,10H2,1-4H3. The van der Waals surface area contributed by atoms with Crippen molar-refractivity contribution >= 4 is 0 Å². The number of piperazine rings is 1. The van der Waals surface area contributed by atoms with Crippen molar-refractivity contribution in [1.29, 1.82) is 0 Å². The summed E-state index contributed by atoms with van der Waals surface area (Å²) in [5, 5.41) is 3.85. The molecule has 1 aliphatic rings. The molecular weight excluding hydrogens is 324 g/mol. The van der Waals surface area contributed by atoms with Gasteiger partial charge >= 0.3 is 5.69 Å². The quantitative estimate of drug-likeness (QED) is 0.746. The molecule has 9 nitrogen and oxygen atoms in total. The fraction of sp³-hybridized carbons (Fsp3) is 0.625. The van der Waals surface area contributed by atoms with Crippen LogP contribution in [0.15, 0.2) is 20.2 Å². The molecule has 1 atom stereocenters. The molecule has 1 unspecified atom stereocenters. The number of aromatic nitrogens is 4. The Labute approximate surface area is 145 Å². The Bertz CT molecular complexity index is 859. The van der Waals surface area contributed by atoms with Crippen LogP contribution in [0, 0.1) is 6.92 Å². The minimum Gasteiger partial charge on any atom is -0.338 e. The molecule has 1 saturated heterocycles. The summed E-state index contributed by atoms with van der Waals surface area (Å²) in [6.45, 7) is 7.88. The van der Waals surface area contributed by atoms with Gasteiger partial charge in [0, 0.05) is 58.6 Å². The van der Waals surface area contributed by atoms with E-state index < -0.39 is 0 Å². The minimum atomic E-state index is -0.290. The smallest absolute Gasteiger partial charge is 0.330 e. The second-order valence-electron chi connectivity index (χ2n) is 6.54. The van der Waals surface area contributed by atoms with Crippen LogP contribution in [0.4, 0.5) is 0 Å². The van der Waals surface area contributed by atoms with Gasteiger partial charge in [-0.05, 0) is 13.8 Å². The average Bonchev–Trinajstić information content (AvgIpc) is 3.04. The van der Waals surface area contributed by atoms with Gasteiger partial charge in [-0.3, -0.25) is 23.7 Å². The first kappa shape index (κ1) is 17.6. The Morgan fingerprint density at radius 3 is 2.44 bits per heavy atom. The topological polar surface area (TPSA) is 89.4 Å². The van der Waals surface area contributed by atoms with Gasteiger partial charge in [0.1, 0.15) is 0 Å². The molecule has 3 heterocycles. The predicted molar refractivity (Wildman–Crippen MR) is 91.2 cm³/mol. The molecule has 0 radical (unpaired) electrons. The van der Waals surface area contributed by atoms with E-state index in [2.05, 4.69) is 26.9 Å². The van der Waals surface area contributed by atoms with Crippen molar-refractivity contribution in [2.24, 2.45) is 14.1 Å². The molecule has 1 fully saturated rings. The van der Waals surface area contributed by atoms with Gasteiger partial charge in [0.15, 0.2) is 5.82 Å². The third-order valence-corrected chi connectivity index (χ3v) is 4.87. The molecule has 0 saturated carbocycles. The van der Waals surface area contributed by atoms with Gasteiger partial charge in [0.25, 0.3) is 5.56 Å². The van der Waals surface area contributed by atoms with Gasteiger partial charge in [0.2, 0.25) is 5.89 Å². The maximum atomic E-state index is 12.0. The Morgan fingerprint density at radius 1 is 1.16 bits per heavy atom. The zero-order chi connectivity index (χ0) is 18.1. The lowest BCUT2D eigenvalue weighted by Gasteiger charge is -2.36. The molecule has 2 aromatic rings. The van der Waals surface area contributed by atoms with Crippen molar-refractivity contribution in [3.8, 4) is 0 Å². The summed E-state index contributed by atoms with van der Waals surface area (Å²) >= 11 is 0. The van der Waals surface area contributed by atoms with Crippen LogP contribution < -0.4 is 11.2 Å². The molecule has 0 N–H and O–H groups in total. The van der Waals surface area contributed by atoms with E-state index in [9.17, 15) is 9.59 Å². The van der Waals surface area contributed by atoms with Gasteiger partial charge in [-0.25, -0.2) is 4.79 Å². The zero-order valence-corrected chi connectivity index (χ0v) is 15.1. The van der Waals surface area contributed by atoms with Gasteiger partial charge in [-0.2, -0.15) is 4.98 Å². The van der Waals surface area contributed by atoms with Crippen LogP contribution >= 0.6 is 0 Å². The number of hydrogen-bond donors (Lipinski definition) is 0. The molecule has 0 spiro atoms. The van der Waals surface area contributed by atoms with Crippen molar-refractivity contribution in [3.63, 3.8) is 0 Å². The lowest BCUT2D eigenvalue weighted by molar-refractivity contribution is 0.0831. The summed E-state index contributed by atoms with van der Waals surface area (Å²) < 4.78 is 7.92. The summed E-state index contributed by atoms with van der Waals surface area (Å²) in [5.41, 5.74) is 0.181. The number of hydrogen-bond acceptors (Lipinski definition) is 7. The van der Waals surface area contributed by atoms with Crippen LogP contribution in [0.3, 0.4) is 0 Å². The largest absolute Gasteiger partial charge is 0.338 e. The lowest BCUT2D eigenvalue weighted by Crippen LogP contribution is -2.47. The van der Waals surface area contributed by atoms with Crippen molar-refractivity contribution in [3.05, 3.63) is 44.3 Å². The number of aryl methyl sites for hydroxylation is 1. The molecule has 1 aliphatic heterocycles. The maximum absolute atomic E-state index is 12.0. The van der Waals surface area contributed by atoms with Gasteiger partial charge < -0.3 is 4.52 Å². The van der Waals surface area contributed by atoms with Crippen LogP contribution in [0.1, 0.15) is 30.4 Å². The molecule has 3 rings (SSSR count). The number of rotatable bonds is 4. The van der Waals surface area contributed by atoms with E-state index in [0.29, 0.717) is 18.3 Å². The van der Waals surface area contributed by atoms with Crippen LogP contribution in [0.25, 0.3) is 0 Å². The molecule has 136 valence electrons. The molecule has 0 amide bonds. The summed E-state index contributed by atoms with van der Waals surface area (Å²) in [4.78, 5) is 32.7. The Morgan fingerprint density at radius 2 is 1.84 bits per heavy atom. The molecule has 25 heavy (non-hydrogen) atoms. The van der Waals surface area contributed by atoms with Gasteiger partial charge in [-0.15, -0.1) is 0 Å². The molecule has 2 aromatic heterocycles. The second kappa shape index (κ2) is 6.93. The SMILES string of the molecule is Cc1noc(C(C)N2CCN(Cc3cc(=O)n(C)c(=O)n3C)CC2)n1. The molecule has 0 bridgehead atoms. The average molecular weight is 348 g/mol. The van der Waals surface area contributed by atoms with Crippen LogP contribution in [0.2, 0.25) is 0 Å². The highest BCUT2D eigenvalue weighted by Gasteiger charge is 2.25. The van der Waals surface area contributed by atoms with Crippen LogP contribution in [-0.4, -0.2) is 55.3 Å². The van der Waals surface area contributed by atoms with Gasteiger partial charge in [-0.1, -0.05) is 5.16 Å². The number of nitrogens with zero attached hydrogens (tertiary/aromatic N) is 6. The molecule has 0 aromatic carbocycles. The first-order valence-corrected chi connectivity index (χ1v) is 8.39. The second-order valence-corrected chi connectivity index (χ2v) is 6.54. The molecule has 9 heteroatoms. The Balaban J connectivity index is 1.63. The first-order chi connectivity index (χ1) is 11.9. The fourth-order valence-electron chi connectivity index (χ4n) is 3.11. The minimum absolute atomic E-state index is 0.0803. The van der Waals surface area contributed by atoms with E-state index >= 15 is 0 Å². The first-order valence-electron chi connectivity index (χ1n) is 8.39. The fourth-order valence-corrected chi connectivity index (χ4v) is 3.11. The summed E-state index contributed by atoms with van der Waals surface area (Å²) in [6.07, 6.45) is 0. The van der Waals surface area contributed by atoms with Gasteiger partial charge in [0.05, 0.1) is 6.04 Å². The summed E-state index contributed by atoms with van der Waals surface area (Å²) in [5.74, 6) is 1.28. The van der Waals surface area contributed by atoms with E-state index in [-0.39, 0.29) is 17.3 Å².